The molecule has 0 bridgehead atoms. The van der Waals surface area contributed by atoms with Gasteiger partial charge in [0.25, 0.3) is 0 Å². The van der Waals surface area contributed by atoms with Gasteiger partial charge in [0, 0.05) is 31.5 Å². The highest BCUT2D eigenvalue weighted by Gasteiger charge is 2.06. The first kappa shape index (κ1) is 15.4. The molecule has 1 aromatic carbocycles. The number of pyridine rings is 1. The molecule has 1 aromatic heterocycles. The number of hydrogen-bond acceptors (Lipinski definition) is 3. The molecule has 2 aromatic rings. The standard InChI is InChI=1S/C17H22FN3/c1-14(15-11-16(18)13-19-12-15)20-9-6-10-21(2)17-7-4-3-5-8-17/h3-5,7-8,11-14,20H,6,9-10H2,1-2H3. The van der Waals surface area contributed by atoms with Crippen molar-refractivity contribution in [2.45, 2.75) is 19.4 Å². The fraction of sp³-hybridized carbons (Fsp3) is 0.353. The van der Waals surface area contributed by atoms with Gasteiger partial charge >= 0.3 is 0 Å². The van der Waals surface area contributed by atoms with Crippen LogP contribution in [-0.2, 0) is 0 Å². The Morgan fingerprint density at radius 2 is 2.00 bits per heavy atom. The van der Waals surface area contributed by atoms with E-state index in [0.29, 0.717) is 0 Å². The molecular weight excluding hydrogens is 265 g/mol. The van der Waals surface area contributed by atoms with Crippen LogP contribution in [0.25, 0.3) is 0 Å². The molecule has 2 rings (SSSR count). The van der Waals surface area contributed by atoms with Crippen molar-refractivity contribution in [1.29, 1.82) is 0 Å². The lowest BCUT2D eigenvalue weighted by Gasteiger charge is -2.20. The highest BCUT2D eigenvalue weighted by atomic mass is 19.1. The molecule has 0 amide bonds. The Morgan fingerprint density at radius 1 is 1.24 bits per heavy atom. The summed E-state index contributed by atoms with van der Waals surface area (Å²) < 4.78 is 13.1. The Labute approximate surface area is 125 Å². The summed E-state index contributed by atoms with van der Waals surface area (Å²) in [6.45, 7) is 3.89. The van der Waals surface area contributed by atoms with Crippen molar-refractivity contribution < 1.29 is 4.39 Å². The minimum absolute atomic E-state index is 0.107. The van der Waals surface area contributed by atoms with Gasteiger partial charge in [0.2, 0.25) is 0 Å². The van der Waals surface area contributed by atoms with Crippen molar-refractivity contribution in [3.8, 4) is 0 Å². The molecule has 0 spiro atoms. The van der Waals surface area contributed by atoms with Gasteiger partial charge in [-0.15, -0.1) is 0 Å². The van der Waals surface area contributed by atoms with E-state index >= 15 is 0 Å². The Balaban J connectivity index is 1.72. The van der Waals surface area contributed by atoms with E-state index in [4.69, 9.17) is 0 Å². The molecular formula is C17H22FN3. The summed E-state index contributed by atoms with van der Waals surface area (Å²) in [7, 11) is 2.09. The maximum absolute atomic E-state index is 13.1. The molecule has 0 aliphatic rings. The van der Waals surface area contributed by atoms with E-state index < -0.39 is 0 Å². The first-order valence-electron chi connectivity index (χ1n) is 7.27. The second kappa shape index (κ2) is 7.74. The lowest BCUT2D eigenvalue weighted by atomic mass is 10.1. The molecule has 0 saturated carbocycles. The Kier molecular flexibility index (Phi) is 5.69. The van der Waals surface area contributed by atoms with E-state index in [9.17, 15) is 4.39 Å². The van der Waals surface area contributed by atoms with E-state index in [1.807, 2.05) is 25.1 Å². The number of anilines is 1. The summed E-state index contributed by atoms with van der Waals surface area (Å²) in [5.41, 5.74) is 2.10. The average Bonchev–Trinajstić information content (AvgIpc) is 2.52. The van der Waals surface area contributed by atoms with Crippen LogP contribution in [0.4, 0.5) is 10.1 Å². The topological polar surface area (TPSA) is 28.2 Å². The molecule has 21 heavy (non-hydrogen) atoms. The minimum atomic E-state index is -0.287. The molecule has 4 heteroatoms. The van der Waals surface area contributed by atoms with Crippen LogP contribution in [0.2, 0.25) is 0 Å². The third-order valence-electron chi connectivity index (χ3n) is 3.54. The maximum atomic E-state index is 13.1. The van der Waals surface area contributed by atoms with Crippen LogP contribution in [0.3, 0.4) is 0 Å². The van der Waals surface area contributed by atoms with Crippen LogP contribution in [0.1, 0.15) is 24.9 Å². The van der Waals surface area contributed by atoms with Gasteiger partial charge in [-0.3, -0.25) is 4.98 Å². The summed E-state index contributed by atoms with van der Waals surface area (Å²) in [5.74, 6) is -0.287. The summed E-state index contributed by atoms with van der Waals surface area (Å²) in [6, 6.07) is 12.0. The summed E-state index contributed by atoms with van der Waals surface area (Å²) in [5, 5.41) is 3.40. The molecule has 0 fully saturated rings. The van der Waals surface area contributed by atoms with Gasteiger partial charge in [-0.25, -0.2) is 4.39 Å². The van der Waals surface area contributed by atoms with Crippen molar-refractivity contribution in [3.05, 3.63) is 60.2 Å². The highest BCUT2D eigenvalue weighted by molar-refractivity contribution is 5.44. The van der Waals surface area contributed by atoms with Gasteiger partial charge in [0.1, 0.15) is 5.82 Å². The highest BCUT2D eigenvalue weighted by Crippen LogP contribution is 2.13. The smallest absolute Gasteiger partial charge is 0.141 e. The molecule has 1 N–H and O–H groups in total. The molecule has 0 radical (unpaired) electrons. The van der Waals surface area contributed by atoms with Gasteiger partial charge in [0.15, 0.2) is 0 Å². The number of nitrogens with one attached hydrogen (secondary N) is 1. The normalized spacial score (nSPS) is 12.1. The monoisotopic (exact) mass is 287 g/mol. The maximum Gasteiger partial charge on any atom is 0.141 e. The van der Waals surface area contributed by atoms with Gasteiger partial charge in [-0.05, 0) is 43.7 Å². The Morgan fingerprint density at radius 3 is 2.71 bits per heavy atom. The van der Waals surface area contributed by atoms with Gasteiger partial charge in [0.05, 0.1) is 6.20 Å². The second-order valence-electron chi connectivity index (χ2n) is 5.22. The molecule has 3 nitrogen and oxygen atoms in total. The minimum Gasteiger partial charge on any atom is -0.375 e. The molecule has 1 atom stereocenters. The number of rotatable bonds is 7. The zero-order valence-corrected chi connectivity index (χ0v) is 12.6. The molecule has 0 aliphatic carbocycles. The number of nitrogens with zero attached hydrogens (tertiary/aromatic N) is 2. The quantitative estimate of drug-likeness (QED) is 0.791. The van der Waals surface area contributed by atoms with Crippen LogP contribution < -0.4 is 10.2 Å². The summed E-state index contributed by atoms with van der Waals surface area (Å²) in [4.78, 5) is 6.11. The van der Waals surface area contributed by atoms with Crippen LogP contribution in [0.15, 0.2) is 48.8 Å². The fourth-order valence-electron chi connectivity index (χ4n) is 2.23. The third kappa shape index (κ3) is 4.83. The molecule has 0 saturated heterocycles. The van der Waals surface area contributed by atoms with Gasteiger partial charge in [-0.2, -0.15) is 0 Å². The molecule has 0 aliphatic heterocycles. The second-order valence-corrected chi connectivity index (χ2v) is 5.22. The number of halogens is 1. The summed E-state index contributed by atoms with van der Waals surface area (Å²) >= 11 is 0. The van der Waals surface area contributed by atoms with Gasteiger partial charge in [-0.1, -0.05) is 18.2 Å². The fourth-order valence-corrected chi connectivity index (χ4v) is 2.23. The number of benzene rings is 1. The first-order valence-corrected chi connectivity index (χ1v) is 7.27. The lowest BCUT2D eigenvalue weighted by Crippen LogP contribution is -2.25. The number of aromatic nitrogens is 1. The zero-order chi connectivity index (χ0) is 15.1. The van der Waals surface area contributed by atoms with E-state index in [0.717, 1.165) is 25.1 Å². The van der Waals surface area contributed by atoms with Crippen molar-refractivity contribution >= 4 is 5.69 Å². The number of hydrogen-bond donors (Lipinski definition) is 1. The van der Waals surface area contributed by atoms with E-state index in [1.165, 1.54) is 18.0 Å². The van der Waals surface area contributed by atoms with Crippen molar-refractivity contribution in [3.63, 3.8) is 0 Å². The van der Waals surface area contributed by atoms with E-state index in [-0.39, 0.29) is 11.9 Å². The average molecular weight is 287 g/mol. The number of para-hydroxylation sites is 1. The predicted molar refractivity (Wildman–Crippen MR) is 84.9 cm³/mol. The molecule has 1 unspecified atom stereocenters. The van der Waals surface area contributed by atoms with Crippen LogP contribution in [0, 0.1) is 5.82 Å². The summed E-state index contributed by atoms with van der Waals surface area (Å²) in [6.07, 6.45) is 3.96. The van der Waals surface area contributed by atoms with Gasteiger partial charge < -0.3 is 10.2 Å². The molecule has 1 heterocycles. The lowest BCUT2D eigenvalue weighted by molar-refractivity contribution is 0.548. The van der Waals surface area contributed by atoms with Crippen molar-refractivity contribution in [2.24, 2.45) is 0 Å². The largest absolute Gasteiger partial charge is 0.375 e. The SMILES string of the molecule is CC(NCCCN(C)c1ccccc1)c1cncc(F)c1. The van der Waals surface area contributed by atoms with Crippen molar-refractivity contribution in [1.82, 2.24) is 10.3 Å². The predicted octanol–water partition coefficient (Wildman–Crippen LogP) is 3.40. The van der Waals surface area contributed by atoms with Crippen molar-refractivity contribution in [2.75, 3.05) is 25.0 Å². The molecule has 112 valence electrons. The van der Waals surface area contributed by atoms with Crippen LogP contribution in [0.5, 0.6) is 0 Å². The Hall–Kier alpha value is -1.94. The van der Waals surface area contributed by atoms with Crippen LogP contribution in [-0.4, -0.2) is 25.1 Å². The first-order chi connectivity index (χ1) is 10.2. The third-order valence-corrected chi connectivity index (χ3v) is 3.54. The Bertz CT molecular complexity index is 545. The zero-order valence-electron chi connectivity index (χ0n) is 12.6. The van der Waals surface area contributed by atoms with E-state index in [1.54, 1.807) is 6.20 Å². The van der Waals surface area contributed by atoms with E-state index in [2.05, 4.69) is 34.4 Å². The van der Waals surface area contributed by atoms with Crippen LogP contribution >= 0.6 is 0 Å².